The first-order valence-electron chi connectivity index (χ1n) is 7.73. The third kappa shape index (κ3) is 5.45. The second-order valence-electron chi connectivity index (χ2n) is 5.58. The van der Waals surface area contributed by atoms with Crippen LogP contribution in [-0.2, 0) is 13.0 Å². The zero-order valence-corrected chi connectivity index (χ0v) is 13.5. The largest absolute Gasteiger partial charge is 0.489 e. The molecule has 0 amide bonds. The van der Waals surface area contributed by atoms with Gasteiger partial charge in [-0.3, -0.25) is 4.90 Å². The van der Waals surface area contributed by atoms with Crippen molar-refractivity contribution in [2.45, 2.75) is 19.1 Å². The van der Waals surface area contributed by atoms with Crippen molar-refractivity contribution in [1.82, 2.24) is 4.90 Å². The molecule has 3 nitrogen and oxygen atoms in total. The van der Waals surface area contributed by atoms with Crippen molar-refractivity contribution in [3.8, 4) is 18.1 Å². The molecule has 1 atom stereocenters. The Kier molecular flexibility index (Phi) is 6.68. The number of ether oxygens (including phenoxy) is 1. The zero-order valence-electron chi connectivity index (χ0n) is 13.5. The molecular formula is C20H23NO2. The number of terminal acetylenes is 1. The fraction of sp³-hybridized carbons (Fsp3) is 0.300. The summed E-state index contributed by atoms with van der Waals surface area (Å²) in [7, 11) is 1.93. The molecule has 3 heteroatoms. The Morgan fingerprint density at radius 3 is 2.39 bits per heavy atom. The lowest BCUT2D eigenvalue weighted by Gasteiger charge is -2.24. The molecule has 2 aromatic rings. The van der Waals surface area contributed by atoms with Crippen LogP contribution < -0.4 is 4.74 Å². The van der Waals surface area contributed by atoms with Crippen LogP contribution in [-0.4, -0.2) is 36.2 Å². The summed E-state index contributed by atoms with van der Waals surface area (Å²) in [6.07, 6.45) is 6.08. The summed E-state index contributed by atoms with van der Waals surface area (Å²) in [6, 6.07) is 18.1. The fourth-order valence-corrected chi connectivity index (χ4v) is 2.37. The maximum absolute atomic E-state index is 9.51. The summed E-state index contributed by atoms with van der Waals surface area (Å²) >= 11 is 0. The molecule has 0 aliphatic carbocycles. The Morgan fingerprint density at radius 1 is 1.09 bits per heavy atom. The van der Waals surface area contributed by atoms with Crippen LogP contribution in [0.2, 0.25) is 0 Å². The van der Waals surface area contributed by atoms with Gasteiger partial charge in [-0.2, -0.15) is 0 Å². The molecule has 23 heavy (non-hydrogen) atoms. The van der Waals surface area contributed by atoms with E-state index in [1.807, 2.05) is 66.5 Å². The highest BCUT2D eigenvalue weighted by Gasteiger charge is 2.13. The summed E-state index contributed by atoms with van der Waals surface area (Å²) in [5, 5.41) is 9.51. The van der Waals surface area contributed by atoms with Crippen molar-refractivity contribution in [3.63, 3.8) is 0 Å². The minimum absolute atomic E-state index is 0.0298. The minimum Gasteiger partial charge on any atom is -0.489 e. The predicted octanol–water partition coefficient (Wildman–Crippen LogP) is 2.73. The average Bonchev–Trinajstić information content (AvgIpc) is 2.60. The Balaban J connectivity index is 1.90. The SMILES string of the molecule is C#CCN(C)C(CO)Cc1ccc(OCc2ccccc2)cc1. The standard InChI is InChI=1S/C20H23NO2/c1-3-13-21(2)19(15-22)14-17-9-11-20(12-10-17)23-16-18-7-5-4-6-8-18/h1,4-12,19,22H,13-16H2,2H3. The molecule has 0 saturated heterocycles. The molecule has 0 fully saturated rings. The highest BCUT2D eigenvalue weighted by molar-refractivity contribution is 5.28. The summed E-state index contributed by atoms with van der Waals surface area (Å²) in [6.45, 7) is 1.18. The van der Waals surface area contributed by atoms with Crippen LogP contribution in [0.4, 0.5) is 0 Å². The summed E-state index contributed by atoms with van der Waals surface area (Å²) in [4.78, 5) is 1.99. The van der Waals surface area contributed by atoms with Gasteiger partial charge in [0.15, 0.2) is 0 Å². The molecule has 0 saturated carbocycles. The second-order valence-corrected chi connectivity index (χ2v) is 5.58. The number of aliphatic hydroxyl groups excluding tert-OH is 1. The van der Waals surface area contributed by atoms with Crippen molar-refractivity contribution in [1.29, 1.82) is 0 Å². The van der Waals surface area contributed by atoms with E-state index in [0.717, 1.165) is 23.3 Å². The van der Waals surface area contributed by atoms with Gasteiger partial charge < -0.3 is 9.84 Å². The van der Waals surface area contributed by atoms with E-state index in [1.165, 1.54) is 0 Å². The maximum atomic E-state index is 9.51. The predicted molar refractivity (Wildman–Crippen MR) is 93.3 cm³/mol. The van der Waals surface area contributed by atoms with Gasteiger partial charge >= 0.3 is 0 Å². The van der Waals surface area contributed by atoms with Crippen LogP contribution in [0.15, 0.2) is 54.6 Å². The van der Waals surface area contributed by atoms with Gasteiger partial charge in [-0.1, -0.05) is 48.4 Å². The van der Waals surface area contributed by atoms with E-state index in [9.17, 15) is 5.11 Å². The van der Waals surface area contributed by atoms with Crippen LogP contribution in [0.1, 0.15) is 11.1 Å². The highest BCUT2D eigenvalue weighted by Crippen LogP contribution is 2.16. The van der Waals surface area contributed by atoms with Gasteiger partial charge in [0.05, 0.1) is 13.2 Å². The quantitative estimate of drug-likeness (QED) is 0.761. The number of aliphatic hydroxyl groups is 1. The lowest BCUT2D eigenvalue weighted by Crippen LogP contribution is -2.36. The average molecular weight is 309 g/mol. The monoisotopic (exact) mass is 309 g/mol. The normalized spacial score (nSPS) is 11.9. The van der Waals surface area contributed by atoms with E-state index in [1.54, 1.807) is 0 Å². The van der Waals surface area contributed by atoms with E-state index in [-0.39, 0.29) is 12.6 Å². The smallest absolute Gasteiger partial charge is 0.119 e. The van der Waals surface area contributed by atoms with Crippen LogP contribution in [0.25, 0.3) is 0 Å². The van der Waals surface area contributed by atoms with E-state index in [0.29, 0.717) is 13.2 Å². The van der Waals surface area contributed by atoms with E-state index >= 15 is 0 Å². The van der Waals surface area contributed by atoms with E-state index in [2.05, 4.69) is 5.92 Å². The van der Waals surface area contributed by atoms with Crippen molar-refractivity contribution in [2.24, 2.45) is 0 Å². The fourth-order valence-electron chi connectivity index (χ4n) is 2.37. The molecule has 0 radical (unpaired) electrons. The number of likely N-dealkylation sites (N-methyl/N-ethyl adjacent to an activating group) is 1. The Labute approximate surface area is 138 Å². The van der Waals surface area contributed by atoms with Gasteiger partial charge in [-0.15, -0.1) is 6.42 Å². The lowest BCUT2D eigenvalue weighted by atomic mass is 10.1. The molecule has 120 valence electrons. The number of benzene rings is 2. The molecule has 1 N–H and O–H groups in total. The third-order valence-electron chi connectivity index (χ3n) is 3.82. The zero-order chi connectivity index (χ0) is 16.5. The summed E-state index contributed by atoms with van der Waals surface area (Å²) in [5.74, 6) is 3.45. The molecule has 2 rings (SSSR count). The molecular weight excluding hydrogens is 286 g/mol. The van der Waals surface area contributed by atoms with Crippen molar-refractivity contribution in [3.05, 3.63) is 65.7 Å². The first-order chi connectivity index (χ1) is 11.2. The number of hydrogen-bond donors (Lipinski definition) is 1. The van der Waals surface area contributed by atoms with E-state index < -0.39 is 0 Å². The van der Waals surface area contributed by atoms with Gasteiger partial charge in [-0.05, 0) is 36.7 Å². The number of nitrogens with zero attached hydrogens (tertiary/aromatic N) is 1. The third-order valence-corrected chi connectivity index (χ3v) is 3.82. The first-order valence-corrected chi connectivity index (χ1v) is 7.73. The van der Waals surface area contributed by atoms with Crippen molar-refractivity contribution >= 4 is 0 Å². The summed E-state index contributed by atoms with van der Waals surface area (Å²) < 4.78 is 5.78. The first kappa shape index (κ1) is 17.1. The molecule has 0 heterocycles. The topological polar surface area (TPSA) is 32.7 Å². The number of rotatable bonds is 8. The lowest BCUT2D eigenvalue weighted by molar-refractivity contribution is 0.158. The number of hydrogen-bond acceptors (Lipinski definition) is 3. The molecule has 0 bridgehead atoms. The summed E-state index contributed by atoms with van der Waals surface area (Å²) in [5.41, 5.74) is 2.30. The molecule has 2 aromatic carbocycles. The van der Waals surface area contributed by atoms with Crippen LogP contribution >= 0.6 is 0 Å². The van der Waals surface area contributed by atoms with Gasteiger partial charge in [0.25, 0.3) is 0 Å². The highest BCUT2D eigenvalue weighted by atomic mass is 16.5. The molecule has 1 unspecified atom stereocenters. The van der Waals surface area contributed by atoms with Gasteiger partial charge in [-0.25, -0.2) is 0 Å². The van der Waals surface area contributed by atoms with Gasteiger partial charge in [0.1, 0.15) is 12.4 Å². The van der Waals surface area contributed by atoms with E-state index in [4.69, 9.17) is 11.2 Å². The van der Waals surface area contributed by atoms with Crippen LogP contribution in [0.3, 0.4) is 0 Å². The Morgan fingerprint density at radius 2 is 1.78 bits per heavy atom. The Hall–Kier alpha value is -2.28. The molecule has 0 aliphatic rings. The second kappa shape index (κ2) is 8.99. The minimum atomic E-state index is 0.0298. The van der Waals surface area contributed by atoms with Crippen molar-refractivity contribution in [2.75, 3.05) is 20.2 Å². The van der Waals surface area contributed by atoms with Crippen LogP contribution in [0, 0.1) is 12.3 Å². The van der Waals surface area contributed by atoms with Gasteiger partial charge in [0, 0.05) is 6.04 Å². The molecule has 0 aromatic heterocycles. The van der Waals surface area contributed by atoms with Crippen molar-refractivity contribution < 1.29 is 9.84 Å². The van der Waals surface area contributed by atoms with Gasteiger partial charge in [0.2, 0.25) is 0 Å². The van der Waals surface area contributed by atoms with Crippen LogP contribution in [0.5, 0.6) is 5.75 Å². The Bertz CT molecular complexity index is 616. The maximum Gasteiger partial charge on any atom is 0.119 e. The molecule has 0 aliphatic heterocycles. The molecule has 0 spiro atoms.